The van der Waals surface area contributed by atoms with Crippen LogP contribution in [-0.2, 0) is 23.1 Å². The van der Waals surface area contributed by atoms with Gasteiger partial charge in [0.25, 0.3) is 0 Å². The fourth-order valence-electron chi connectivity index (χ4n) is 2.93. The number of hydrogen-bond acceptors (Lipinski definition) is 6. The molecule has 2 aromatic heterocycles. The average molecular weight is 419 g/mol. The molecule has 29 heavy (non-hydrogen) atoms. The Labute approximate surface area is 169 Å². The molecule has 0 amide bonds. The molecule has 154 valence electrons. The number of aromatic nitrogens is 3. The van der Waals surface area contributed by atoms with Crippen molar-refractivity contribution in [1.29, 1.82) is 0 Å². The zero-order valence-electron chi connectivity index (χ0n) is 16.1. The van der Waals surface area contributed by atoms with Gasteiger partial charge in [-0.3, -0.25) is 4.98 Å². The lowest BCUT2D eigenvalue weighted by Crippen LogP contribution is -2.19. The smallest absolute Gasteiger partial charge is 0.357 e. The Morgan fingerprint density at radius 1 is 1.21 bits per heavy atom. The highest BCUT2D eigenvalue weighted by Crippen LogP contribution is 2.29. The molecule has 0 spiro atoms. The summed E-state index contributed by atoms with van der Waals surface area (Å²) < 4.78 is 46.6. The third-order valence-corrected chi connectivity index (χ3v) is 5.51. The lowest BCUT2D eigenvalue weighted by atomic mass is 10.1. The summed E-state index contributed by atoms with van der Waals surface area (Å²) in [6.45, 7) is 3.58. The summed E-state index contributed by atoms with van der Waals surface area (Å²) in [5.41, 5.74) is 0.947. The molecule has 0 aliphatic heterocycles. The van der Waals surface area contributed by atoms with Gasteiger partial charge in [-0.05, 0) is 30.2 Å². The Bertz CT molecular complexity index is 1080. The quantitative estimate of drug-likeness (QED) is 0.564. The molecule has 2 heterocycles. The zero-order chi connectivity index (χ0) is 21.0. The van der Waals surface area contributed by atoms with E-state index in [1.54, 1.807) is 24.4 Å². The third kappa shape index (κ3) is 4.80. The van der Waals surface area contributed by atoms with E-state index in [0.717, 1.165) is 6.07 Å². The van der Waals surface area contributed by atoms with Gasteiger partial charge >= 0.3 is 10.1 Å². The van der Waals surface area contributed by atoms with Crippen molar-refractivity contribution in [3.8, 4) is 5.75 Å². The predicted molar refractivity (Wildman–Crippen MR) is 105 cm³/mol. The molecule has 0 unspecified atom stereocenters. The van der Waals surface area contributed by atoms with E-state index < -0.39 is 15.9 Å². The highest BCUT2D eigenvalue weighted by atomic mass is 32.2. The molecule has 1 aromatic carbocycles. The molecule has 0 aliphatic carbocycles. The number of hydrogen-bond donors (Lipinski definition) is 1. The van der Waals surface area contributed by atoms with E-state index in [-0.39, 0.29) is 36.3 Å². The number of benzene rings is 1. The van der Waals surface area contributed by atoms with Crippen LogP contribution < -0.4 is 4.18 Å². The van der Waals surface area contributed by atoms with Crippen molar-refractivity contribution in [3.05, 3.63) is 71.7 Å². The monoisotopic (exact) mass is 419 g/mol. The van der Waals surface area contributed by atoms with Crippen LogP contribution in [0.25, 0.3) is 0 Å². The second-order valence-electron chi connectivity index (χ2n) is 6.75. The average Bonchev–Trinajstić information content (AvgIpc) is 3.02. The minimum atomic E-state index is -4.33. The minimum Gasteiger partial charge on any atom is -0.396 e. The van der Waals surface area contributed by atoms with Crippen LogP contribution in [0.4, 0.5) is 4.39 Å². The molecule has 0 bridgehead atoms. The topological polar surface area (TPSA) is 94.3 Å². The summed E-state index contributed by atoms with van der Waals surface area (Å²) in [6, 6.07) is 10.3. The Balaban J connectivity index is 2.13. The number of aliphatic hydroxyl groups is 1. The maximum absolute atomic E-state index is 13.5. The van der Waals surface area contributed by atoms with Gasteiger partial charge in [-0.1, -0.05) is 26.0 Å². The van der Waals surface area contributed by atoms with E-state index in [4.69, 9.17) is 4.18 Å². The molecule has 0 saturated heterocycles. The van der Waals surface area contributed by atoms with Gasteiger partial charge in [-0.2, -0.15) is 8.42 Å². The Hall–Kier alpha value is -2.78. The van der Waals surface area contributed by atoms with Gasteiger partial charge < -0.3 is 13.9 Å². The summed E-state index contributed by atoms with van der Waals surface area (Å²) in [5.74, 6) is -0.555. The fourth-order valence-corrected chi connectivity index (χ4v) is 4.35. The van der Waals surface area contributed by atoms with E-state index in [9.17, 15) is 17.9 Å². The summed E-state index contributed by atoms with van der Waals surface area (Å²) in [4.78, 5) is 8.71. The van der Waals surface area contributed by atoms with Gasteiger partial charge in [0.05, 0.1) is 24.5 Å². The van der Waals surface area contributed by atoms with Crippen molar-refractivity contribution >= 4 is 10.1 Å². The van der Waals surface area contributed by atoms with Crippen LogP contribution in [0.15, 0.2) is 53.7 Å². The van der Waals surface area contributed by atoms with Gasteiger partial charge in [0, 0.05) is 18.7 Å². The first-order valence-electron chi connectivity index (χ1n) is 9.12. The maximum Gasteiger partial charge on any atom is 0.357 e. The molecular formula is C20H22FN3O4S. The van der Waals surface area contributed by atoms with Crippen LogP contribution in [0.1, 0.15) is 37.0 Å². The molecule has 0 fully saturated rings. The van der Waals surface area contributed by atoms with E-state index >= 15 is 0 Å². The molecule has 9 heteroatoms. The Kier molecular flexibility index (Phi) is 6.29. The lowest BCUT2D eigenvalue weighted by molar-refractivity contribution is 0.294. The Morgan fingerprint density at radius 2 is 2.00 bits per heavy atom. The molecule has 0 aliphatic rings. The van der Waals surface area contributed by atoms with Crippen molar-refractivity contribution in [2.24, 2.45) is 0 Å². The van der Waals surface area contributed by atoms with Gasteiger partial charge in [0.1, 0.15) is 17.4 Å². The molecule has 0 radical (unpaired) electrons. The number of halogens is 1. The van der Waals surface area contributed by atoms with Crippen LogP contribution in [0, 0.1) is 5.82 Å². The van der Waals surface area contributed by atoms with Crippen molar-refractivity contribution in [2.45, 2.75) is 37.8 Å². The number of nitrogens with zero attached hydrogens (tertiary/aromatic N) is 3. The van der Waals surface area contributed by atoms with E-state index in [0.29, 0.717) is 17.2 Å². The van der Waals surface area contributed by atoms with Crippen LogP contribution in [0.3, 0.4) is 0 Å². The zero-order valence-corrected chi connectivity index (χ0v) is 16.9. The largest absolute Gasteiger partial charge is 0.396 e. The second kappa shape index (κ2) is 8.71. The number of aliphatic hydroxyl groups excluding tert-OH is 1. The summed E-state index contributed by atoms with van der Waals surface area (Å²) in [5, 5.41) is 9.31. The number of rotatable bonds is 8. The Morgan fingerprint density at radius 3 is 2.62 bits per heavy atom. The van der Waals surface area contributed by atoms with E-state index in [1.165, 1.54) is 22.8 Å². The molecule has 1 N–H and O–H groups in total. The van der Waals surface area contributed by atoms with Crippen molar-refractivity contribution in [1.82, 2.24) is 14.5 Å². The minimum absolute atomic E-state index is 0.120. The highest BCUT2D eigenvalue weighted by molar-refractivity contribution is 7.87. The standard InChI is InChI=1S/C20H22FN3O4S/c1-14(2)19-20(29(26,27)28-17-8-5-6-15(21)12-17)24(18(23-19)9-11-25)13-16-7-3-4-10-22-16/h3-8,10,12,14,25H,9,11,13H2,1-2H3. The first kappa shape index (κ1) is 20.9. The molecule has 0 saturated carbocycles. The molecule has 7 nitrogen and oxygen atoms in total. The fraction of sp³-hybridized carbons (Fsp3) is 0.300. The third-order valence-electron chi connectivity index (χ3n) is 4.19. The molecule has 0 atom stereocenters. The summed E-state index contributed by atoms with van der Waals surface area (Å²) >= 11 is 0. The molecule has 3 aromatic rings. The first-order valence-corrected chi connectivity index (χ1v) is 10.5. The second-order valence-corrected chi connectivity index (χ2v) is 8.21. The van der Waals surface area contributed by atoms with Crippen LogP contribution in [-0.4, -0.2) is 34.7 Å². The normalized spacial score (nSPS) is 11.8. The summed E-state index contributed by atoms with van der Waals surface area (Å²) in [6.07, 6.45) is 1.78. The first-order chi connectivity index (χ1) is 13.8. The van der Waals surface area contributed by atoms with Crippen molar-refractivity contribution in [3.63, 3.8) is 0 Å². The van der Waals surface area contributed by atoms with Gasteiger partial charge in [-0.15, -0.1) is 0 Å². The van der Waals surface area contributed by atoms with Crippen molar-refractivity contribution in [2.75, 3.05) is 6.61 Å². The summed E-state index contributed by atoms with van der Waals surface area (Å²) in [7, 11) is -4.33. The molecule has 3 rings (SSSR count). The van der Waals surface area contributed by atoms with Crippen LogP contribution in [0.5, 0.6) is 5.75 Å². The van der Waals surface area contributed by atoms with E-state index in [2.05, 4.69) is 9.97 Å². The number of pyridine rings is 1. The van der Waals surface area contributed by atoms with Gasteiger partial charge in [0.2, 0.25) is 0 Å². The predicted octanol–water partition coefficient (Wildman–Crippen LogP) is 2.89. The van der Waals surface area contributed by atoms with Crippen LogP contribution >= 0.6 is 0 Å². The van der Waals surface area contributed by atoms with Crippen LogP contribution in [0.2, 0.25) is 0 Å². The number of imidazole rings is 1. The van der Waals surface area contributed by atoms with Crippen molar-refractivity contribution < 1.29 is 22.1 Å². The van der Waals surface area contributed by atoms with E-state index in [1.807, 2.05) is 13.8 Å². The molecular weight excluding hydrogens is 397 g/mol. The SMILES string of the molecule is CC(C)c1nc(CCO)n(Cc2ccccn2)c1S(=O)(=O)Oc1cccc(F)c1. The van der Waals surface area contributed by atoms with Gasteiger partial charge in [0.15, 0.2) is 5.03 Å². The van der Waals surface area contributed by atoms with Gasteiger partial charge in [-0.25, -0.2) is 9.37 Å². The highest BCUT2D eigenvalue weighted by Gasteiger charge is 2.31. The lowest BCUT2D eigenvalue weighted by Gasteiger charge is -2.14. The maximum atomic E-state index is 13.5.